The molecule has 4 nitrogen and oxygen atoms in total. The Bertz CT molecular complexity index is 779. The maximum Gasteiger partial charge on any atom is 0.255 e. The summed E-state index contributed by atoms with van der Waals surface area (Å²) < 4.78 is 0. The molecule has 0 aromatic heterocycles. The number of carbonyl (C=O) groups is 2. The van der Waals surface area contributed by atoms with E-state index >= 15 is 0 Å². The molecule has 2 amide bonds. The van der Waals surface area contributed by atoms with Crippen molar-refractivity contribution in [3.8, 4) is 0 Å². The lowest BCUT2D eigenvalue weighted by Crippen LogP contribution is -2.45. The van der Waals surface area contributed by atoms with Crippen LogP contribution in [0.4, 0.5) is 0 Å². The second-order valence-corrected chi connectivity index (χ2v) is 7.36. The Hall–Kier alpha value is -2.33. The van der Waals surface area contributed by atoms with E-state index in [4.69, 9.17) is 11.6 Å². The number of piperidine rings is 1. The summed E-state index contributed by atoms with van der Waals surface area (Å²) in [5, 5.41) is 3.48. The number of hydrogen-bond donors (Lipinski definition) is 1. The molecule has 1 fully saturated rings. The van der Waals surface area contributed by atoms with Crippen LogP contribution in [0.25, 0.3) is 0 Å². The third kappa shape index (κ3) is 5.33. The van der Waals surface area contributed by atoms with Crippen molar-refractivity contribution in [2.75, 3.05) is 19.6 Å². The average Bonchev–Trinajstić information content (AvgIpc) is 2.72. The van der Waals surface area contributed by atoms with Gasteiger partial charge in [0.25, 0.3) is 5.91 Å². The Morgan fingerprint density at radius 3 is 2.59 bits per heavy atom. The molecule has 142 valence electrons. The summed E-state index contributed by atoms with van der Waals surface area (Å²) >= 11 is 6.15. The Kier molecular flexibility index (Phi) is 6.88. The molecule has 0 aliphatic carbocycles. The summed E-state index contributed by atoms with van der Waals surface area (Å²) in [7, 11) is 0. The van der Waals surface area contributed by atoms with Crippen molar-refractivity contribution in [3.05, 3.63) is 70.7 Å². The second-order valence-electron chi connectivity index (χ2n) is 6.95. The van der Waals surface area contributed by atoms with Gasteiger partial charge in [-0.1, -0.05) is 54.1 Å². The molecule has 1 heterocycles. The van der Waals surface area contributed by atoms with E-state index in [0.717, 1.165) is 25.7 Å². The molecule has 0 saturated carbocycles. The van der Waals surface area contributed by atoms with Gasteiger partial charge in [-0.25, -0.2) is 0 Å². The first-order valence-electron chi connectivity index (χ1n) is 9.50. The van der Waals surface area contributed by atoms with Gasteiger partial charge in [0.15, 0.2) is 0 Å². The molecule has 0 bridgehead atoms. The molecule has 3 rings (SSSR count). The molecule has 1 N–H and O–H groups in total. The molecule has 2 aromatic rings. The summed E-state index contributed by atoms with van der Waals surface area (Å²) in [6.45, 7) is 1.78. The number of amides is 2. The van der Waals surface area contributed by atoms with E-state index in [-0.39, 0.29) is 17.7 Å². The van der Waals surface area contributed by atoms with Gasteiger partial charge in [0.05, 0.1) is 16.5 Å². The van der Waals surface area contributed by atoms with Crippen LogP contribution < -0.4 is 5.32 Å². The fraction of sp³-hybridized carbons (Fsp3) is 0.364. The Morgan fingerprint density at radius 1 is 1.07 bits per heavy atom. The highest BCUT2D eigenvalue weighted by Gasteiger charge is 2.29. The topological polar surface area (TPSA) is 49.4 Å². The van der Waals surface area contributed by atoms with Crippen LogP contribution in [0.5, 0.6) is 0 Å². The van der Waals surface area contributed by atoms with Gasteiger partial charge in [-0.2, -0.15) is 0 Å². The van der Waals surface area contributed by atoms with Crippen molar-refractivity contribution in [2.24, 2.45) is 5.92 Å². The number of nitrogens with one attached hydrogen (secondary N) is 1. The molecule has 0 unspecified atom stereocenters. The molecule has 0 spiro atoms. The van der Waals surface area contributed by atoms with Crippen LogP contribution >= 0.6 is 11.6 Å². The standard InChI is InChI=1S/C22H25ClN2O2/c23-20-13-5-4-12-19(20)22(27)25-15-7-11-18(16-25)21(26)24-14-6-10-17-8-2-1-3-9-17/h1-5,8-9,12-13,18H,6-7,10-11,14-16H2,(H,24,26)/t18-/m0/s1. The minimum Gasteiger partial charge on any atom is -0.356 e. The Morgan fingerprint density at radius 2 is 1.81 bits per heavy atom. The van der Waals surface area contributed by atoms with Crippen molar-refractivity contribution < 1.29 is 9.59 Å². The lowest BCUT2D eigenvalue weighted by Gasteiger charge is -2.32. The third-order valence-corrected chi connectivity index (χ3v) is 5.30. The van der Waals surface area contributed by atoms with Crippen molar-refractivity contribution in [3.63, 3.8) is 0 Å². The first kappa shape index (κ1) is 19.4. The van der Waals surface area contributed by atoms with E-state index < -0.39 is 0 Å². The number of aryl methyl sites for hydroxylation is 1. The summed E-state index contributed by atoms with van der Waals surface area (Å²) in [5.41, 5.74) is 1.78. The molecule has 5 heteroatoms. The number of likely N-dealkylation sites (tertiary alicyclic amines) is 1. The van der Waals surface area contributed by atoms with E-state index in [0.29, 0.717) is 30.2 Å². The average molecular weight is 385 g/mol. The van der Waals surface area contributed by atoms with Crippen LogP contribution in [-0.4, -0.2) is 36.3 Å². The van der Waals surface area contributed by atoms with Crippen LogP contribution in [0, 0.1) is 5.92 Å². The van der Waals surface area contributed by atoms with Crippen LogP contribution in [0.2, 0.25) is 5.02 Å². The molecule has 1 saturated heterocycles. The zero-order valence-electron chi connectivity index (χ0n) is 15.4. The van der Waals surface area contributed by atoms with Gasteiger partial charge in [0, 0.05) is 19.6 Å². The number of nitrogens with zero attached hydrogens (tertiary/aromatic N) is 1. The van der Waals surface area contributed by atoms with Gasteiger partial charge >= 0.3 is 0 Å². The summed E-state index contributed by atoms with van der Waals surface area (Å²) in [5.74, 6) is -0.205. The van der Waals surface area contributed by atoms with E-state index in [9.17, 15) is 9.59 Å². The van der Waals surface area contributed by atoms with Crippen molar-refractivity contribution in [2.45, 2.75) is 25.7 Å². The number of rotatable bonds is 6. The maximum atomic E-state index is 12.7. The zero-order valence-corrected chi connectivity index (χ0v) is 16.1. The smallest absolute Gasteiger partial charge is 0.255 e. The highest BCUT2D eigenvalue weighted by Crippen LogP contribution is 2.22. The quantitative estimate of drug-likeness (QED) is 0.767. The number of halogens is 1. The summed E-state index contributed by atoms with van der Waals surface area (Å²) in [6, 6.07) is 17.3. The lowest BCUT2D eigenvalue weighted by molar-refractivity contribution is -0.126. The molecule has 0 radical (unpaired) electrons. The van der Waals surface area contributed by atoms with Gasteiger partial charge in [-0.3, -0.25) is 9.59 Å². The van der Waals surface area contributed by atoms with Gasteiger partial charge in [-0.05, 0) is 43.4 Å². The highest BCUT2D eigenvalue weighted by molar-refractivity contribution is 6.33. The van der Waals surface area contributed by atoms with Crippen LogP contribution in [-0.2, 0) is 11.2 Å². The minimum atomic E-state index is -0.151. The fourth-order valence-electron chi connectivity index (χ4n) is 3.47. The Labute approximate surface area is 165 Å². The van der Waals surface area contributed by atoms with Gasteiger partial charge in [0.2, 0.25) is 5.91 Å². The van der Waals surface area contributed by atoms with E-state index in [2.05, 4.69) is 17.4 Å². The van der Waals surface area contributed by atoms with E-state index in [1.54, 1.807) is 29.2 Å². The minimum absolute atomic E-state index is 0.0414. The van der Waals surface area contributed by atoms with E-state index in [1.165, 1.54) is 5.56 Å². The maximum absolute atomic E-state index is 12.7. The van der Waals surface area contributed by atoms with Gasteiger partial charge in [0.1, 0.15) is 0 Å². The van der Waals surface area contributed by atoms with Crippen LogP contribution in [0.15, 0.2) is 54.6 Å². The molecular formula is C22H25ClN2O2. The first-order chi connectivity index (χ1) is 13.1. The normalized spacial score (nSPS) is 16.8. The molecule has 1 atom stereocenters. The summed E-state index contributed by atoms with van der Waals surface area (Å²) in [6.07, 6.45) is 3.50. The molecule has 27 heavy (non-hydrogen) atoms. The summed E-state index contributed by atoms with van der Waals surface area (Å²) in [4.78, 5) is 27.0. The van der Waals surface area contributed by atoms with Crippen LogP contribution in [0.3, 0.4) is 0 Å². The molecule has 2 aromatic carbocycles. The molecule has 1 aliphatic rings. The lowest BCUT2D eigenvalue weighted by atomic mass is 9.96. The molecular weight excluding hydrogens is 360 g/mol. The molecule has 1 aliphatic heterocycles. The van der Waals surface area contributed by atoms with Gasteiger partial charge in [-0.15, -0.1) is 0 Å². The third-order valence-electron chi connectivity index (χ3n) is 4.97. The number of benzene rings is 2. The fourth-order valence-corrected chi connectivity index (χ4v) is 3.69. The second kappa shape index (κ2) is 9.56. The Balaban J connectivity index is 1.48. The van der Waals surface area contributed by atoms with Gasteiger partial charge < -0.3 is 10.2 Å². The monoisotopic (exact) mass is 384 g/mol. The highest BCUT2D eigenvalue weighted by atomic mass is 35.5. The zero-order chi connectivity index (χ0) is 19.1. The largest absolute Gasteiger partial charge is 0.356 e. The van der Waals surface area contributed by atoms with Crippen molar-refractivity contribution >= 4 is 23.4 Å². The number of hydrogen-bond acceptors (Lipinski definition) is 2. The number of carbonyl (C=O) groups excluding carboxylic acids is 2. The van der Waals surface area contributed by atoms with Crippen molar-refractivity contribution in [1.82, 2.24) is 10.2 Å². The predicted octanol–water partition coefficient (Wildman–Crippen LogP) is 3.94. The SMILES string of the molecule is O=C(NCCCc1ccccc1)[C@H]1CCCN(C(=O)c2ccccc2Cl)C1. The van der Waals surface area contributed by atoms with E-state index in [1.807, 2.05) is 18.2 Å². The van der Waals surface area contributed by atoms with Crippen LogP contribution in [0.1, 0.15) is 35.2 Å². The predicted molar refractivity (Wildman–Crippen MR) is 108 cm³/mol. The van der Waals surface area contributed by atoms with Crippen molar-refractivity contribution in [1.29, 1.82) is 0 Å². The first-order valence-corrected chi connectivity index (χ1v) is 9.88.